The van der Waals surface area contributed by atoms with Crippen molar-refractivity contribution in [2.24, 2.45) is 0 Å². The smallest absolute Gasteiger partial charge is 0.351 e. The number of hydrogen-bond acceptors (Lipinski definition) is 7. The molecule has 0 radical (unpaired) electrons. The Labute approximate surface area is 233 Å². The van der Waals surface area contributed by atoms with E-state index in [1.165, 1.54) is 18.4 Å². The number of esters is 1. The van der Waals surface area contributed by atoms with Crippen molar-refractivity contribution in [1.29, 1.82) is 0 Å². The van der Waals surface area contributed by atoms with Crippen LogP contribution >= 0.6 is 38.9 Å². The second kappa shape index (κ2) is 11.0. The number of fused-ring (bicyclic) bond motifs is 1. The van der Waals surface area contributed by atoms with Gasteiger partial charge in [-0.05, 0) is 51.1 Å². The summed E-state index contributed by atoms with van der Waals surface area (Å²) in [5.74, 6) is 0.613. The Morgan fingerprint density at radius 1 is 1.19 bits per heavy atom. The Hall–Kier alpha value is -2.59. The van der Waals surface area contributed by atoms with Crippen LogP contribution in [0.2, 0.25) is 5.02 Å². The standard InChI is InChI=1S/C27H27BrClN3O4S/c1-16(19-5-4-6-22(25(19)29)36-18-9-11-31(2)12-10-18)35-23-14-24(37-26(23)27(33)34-3)32-15-30-20-8-7-17(28)13-21(20)32/h4-8,13-16,18H,9-12H2,1-3H3. The fourth-order valence-corrected chi connectivity index (χ4v) is 6.10. The molecular formula is C27H27BrClN3O4S. The molecular weight excluding hydrogens is 578 g/mol. The van der Waals surface area contributed by atoms with Gasteiger partial charge in [0.2, 0.25) is 0 Å². The van der Waals surface area contributed by atoms with Crippen molar-refractivity contribution < 1.29 is 19.0 Å². The van der Waals surface area contributed by atoms with Crippen molar-refractivity contribution in [3.8, 4) is 16.5 Å². The van der Waals surface area contributed by atoms with Gasteiger partial charge in [-0.25, -0.2) is 9.78 Å². The van der Waals surface area contributed by atoms with Crippen molar-refractivity contribution in [2.45, 2.75) is 32.0 Å². The maximum absolute atomic E-state index is 12.6. The topological polar surface area (TPSA) is 65.8 Å². The molecule has 4 aromatic rings. The van der Waals surface area contributed by atoms with Gasteiger partial charge in [-0.3, -0.25) is 4.57 Å². The van der Waals surface area contributed by atoms with E-state index >= 15 is 0 Å². The summed E-state index contributed by atoms with van der Waals surface area (Å²) in [6, 6.07) is 13.4. The predicted octanol–water partition coefficient (Wildman–Crippen LogP) is 6.90. The van der Waals surface area contributed by atoms with E-state index in [0.29, 0.717) is 21.4 Å². The highest BCUT2D eigenvalue weighted by atomic mass is 79.9. The van der Waals surface area contributed by atoms with Gasteiger partial charge in [-0.2, -0.15) is 0 Å². The van der Waals surface area contributed by atoms with E-state index in [4.69, 9.17) is 25.8 Å². The summed E-state index contributed by atoms with van der Waals surface area (Å²) in [6.07, 6.45) is 3.35. The molecule has 194 valence electrons. The predicted molar refractivity (Wildman–Crippen MR) is 150 cm³/mol. The molecule has 37 heavy (non-hydrogen) atoms. The average molecular weight is 605 g/mol. The molecule has 1 unspecified atom stereocenters. The summed E-state index contributed by atoms with van der Waals surface area (Å²) >= 11 is 11.6. The van der Waals surface area contributed by atoms with Crippen LogP contribution in [0, 0.1) is 0 Å². The van der Waals surface area contributed by atoms with Gasteiger partial charge >= 0.3 is 5.97 Å². The third-order valence-electron chi connectivity index (χ3n) is 6.50. The first-order chi connectivity index (χ1) is 17.8. The van der Waals surface area contributed by atoms with Crippen LogP contribution in [-0.2, 0) is 4.74 Å². The number of halogens is 2. The van der Waals surface area contributed by atoms with Crippen molar-refractivity contribution >= 4 is 55.9 Å². The highest BCUT2D eigenvalue weighted by Crippen LogP contribution is 2.39. The summed E-state index contributed by atoms with van der Waals surface area (Å²) < 4.78 is 20.5. The molecule has 1 atom stereocenters. The van der Waals surface area contributed by atoms with Crippen LogP contribution in [0.4, 0.5) is 0 Å². The van der Waals surface area contributed by atoms with E-state index in [2.05, 4.69) is 32.9 Å². The molecule has 0 aliphatic carbocycles. The molecule has 3 heterocycles. The van der Waals surface area contributed by atoms with Gasteiger partial charge in [0.25, 0.3) is 0 Å². The van der Waals surface area contributed by atoms with Crippen LogP contribution in [0.1, 0.15) is 41.1 Å². The normalized spacial score (nSPS) is 15.6. The summed E-state index contributed by atoms with van der Waals surface area (Å²) in [5.41, 5.74) is 2.54. The monoisotopic (exact) mass is 603 g/mol. The van der Waals surface area contributed by atoms with Gasteiger partial charge in [0, 0.05) is 29.2 Å². The van der Waals surface area contributed by atoms with E-state index in [1.54, 1.807) is 6.33 Å². The molecule has 5 rings (SSSR count). The maximum atomic E-state index is 12.6. The number of carbonyl (C=O) groups is 1. The minimum absolute atomic E-state index is 0.135. The molecule has 10 heteroatoms. The van der Waals surface area contributed by atoms with E-state index in [1.807, 2.05) is 54.0 Å². The lowest BCUT2D eigenvalue weighted by atomic mass is 10.1. The molecule has 1 aliphatic rings. The van der Waals surface area contributed by atoms with Crippen molar-refractivity contribution in [1.82, 2.24) is 14.5 Å². The van der Waals surface area contributed by atoms with E-state index in [-0.39, 0.29) is 6.10 Å². The Balaban J connectivity index is 1.42. The van der Waals surface area contributed by atoms with Crippen LogP contribution in [0.15, 0.2) is 53.3 Å². The molecule has 0 saturated carbocycles. The van der Waals surface area contributed by atoms with Gasteiger partial charge in [0.05, 0.1) is 23.2 Å². The summed E-state index contributed by atoms with van der Waals surface area (Å²) in [4.78, 5) is 19.8. The molecule has 2 aromatic carbocycles. The summed E-state index contributed by atoms with van der Waals surface area (Å²) in [5, 5.41) is 1.31. The van der Waals surface area contributed by atoms with Crippen LogP contribution in [-0.4, -0.2) is 53.8 Å². The number of ether oxygens (including phenoxy) is 3. The lowest BCUT2D eigenvalue weighted by molar-refractivity contribution is 0.0600. The largest absolute Gasteiger partial charge is 0.489 e. The molecule has 0 spiro atoms. The Bertz CT molecular complexity index is 1430. The fourth-order valence-electron chi connectivity index (χ4n) is 4.43. The zero-order valence-corrected chi connectivity index (χ0v) is 23.9. The SMILES string of the molecule is COC(=O)c1sc(-n2cnc3ccc(Br)cc32)cc1OC(C)c1cccc(OC2CCN(C)CC2)c1Cl. The highest BCUT2D eigenvalue weighted by Gasteiger charge is 2.25. The van der Waals surface area contributed by atoms with Crippen LogP contribution in [0.25, 0.3) is 16.0 Å². The number of carbonyl (C=O) groups excluding carboxylic acids is 1. The summed E-state index contributed by atoms with van der Waals surface area (Å²) in [7, 11) is 3.48. The molecule has 7 nitrogen and oxygen atoms in total. The number of benzene rings is 2. The van der Waals surface area contributed by atoms with Crippen molar-refractivity contribution in [3.63, 3.8) is 0 Å². The second-order valence-corrected chi connectivity index (χ2v) is 11.4. The number of piperidine rings is 1. The average Bonchev–Trinajstić information content (AvgIpc) is 3.49. The highest BCUT2D eigenvalue weighted by molar-refractivity contribution is 9.10. The van der Waals surface area contributed by atoms with Gasteiger partial charge in [0.1, 0.15) is 35.0 Å². The second-order valence-electron chi connectivity index (χ2n) is 9.06. The van der Waals surface area contributed by atoms with E-state index in [9.17, 15) is 4.79 Å². The van der Waals surface area contributed by atoms with Crippen LogP contribution < -0.4 is 9.47 Å². The number of rotatable bonds is 7. The Morgan fingerprint density at radius 2 is 1.97 bits per heavy atom. The van der Waals surface area contributed by atoms with Gasteiger partial charge in [-0.1, -0.05) is 39.7 Å². The van der Waals surface area contributed by atoms with Crippen molar-refractivity contribution in [3.05, 3.63) is 68.7 Å². The lowest BCUT2D eigenvalue weighted by Crippen LogP contribution is -2.35. The van der Waals surface area contributed by atoms with Gasteiger partial charge in [-0.15, -0.1) is 11.3 Å². The Morgan fingerprint density at radius 3 is 2.73 bits per heavy atom. The number of imidazole rings is 1. The van der Waals surface area contributed by atoms with Gasteiger partial charge in [0.15, 0.2) is 4.88 Å². The zero-order chi connectivity index (χ0) is 26.1. The molecule has 2 aromatic heterocycles. The number of nitrogens with zero attached hydrogens (tertiary/aromatic N) is 3. The number of hydrogen-bond donors (Lipinski definition) is 0. The van der Waals surface area contributed by atoms with E-state index < -0.39 is 12.1 Å². The number of likely N-dealkylation sites (tertiary alicyclic amines) is 1. The number of methoxy groups -OCH3 is 1. The molecule has 0 bridgehead atoms. The quantitative estimate of drug-likeness (QED) is 0.214. The number of aromatic nitrogens is 2. The minimum Gasteiger partial charge on any atom is -0.489 e. The molecule has 1 fully saturated rings. The van der Waals surface area contributed by atoms with Crippen LogP contribution in [0.3, 0.4) is 0 Å². The van der Waals surface area contributed by atoms with Crippen LogP contribution in [0.5, 0.6) is 11.5 Å². The first-order valence-corrected chi connectivity index (χ1v) is 14.0. The third kappa shape index (κ3) is 5.50. The van der Waals surface area contributed by atoms with E-state index in [0.717, 1.165) is 52.0 Å². The first-order valence-electron chi connectivity index (χ1n) is 12.0. The molecule has 1 aliphatic heterocycles. The number of thiophene rings is 1. The molecule has 1 saturated heterocycles. The van der Waals surface area contributed by atoms with Gasteiger partial charge < -0.3 is 19.1 Å². The summed E-state index contributed by atoms with van der Waals surface area (Å²) in [6.45, 7) is 3.91. The zero-order valence-electron chi connectivity index (χ0n) is 20.7. The fraction of sp³-hybridized carbons (Fsp3) is 0.333. The third-order valence-corrected chi connectivity index (χ3v) is 8.49. The first kappa shape index (κ1) is 26.0. The molecule has 0 N–H and O–H groups in total. The van der Waals surface area contributed by atoms with Crippen molar-refractivity contribution in [2.75, 3.05) is 27.2 Å². The Kier molecular flexibility index (Phi) is 7.76. The molecule has 0 amide bonds. The lowest BCUT2D eigenvalue weighted by Gasteiger charge is -2.30. The maximum Gasteiger partial charge on any atom is 0.351 e. The minimum atomic E-state index is -0.463.